The van der Waals surface area contributed by atoms with Crippen molar-refractivity contribution in [1.29, 1.82) is 0 Å². The summed E-state index contributed by atoms with van der Waals surface area (Å²) in [5.74, 6) is 0.575. The van der Waals surface area contributed by atoms with E-state index in [1.165, 1.54) is 11.1 Å². The van der Waals surface area contributed by atoms with Gasteiger partial charge in [-0.2, -0.15) is 0 Å². The van der Waals surface area contributed by atoms with Crippen LogP contribution in [-0.2, 0) is 11.2 Å². The van der Waals surface area contributed by atoms with Crippen molar-refractivity contribution in [3.63, 3.8) is 0 Å². The van der Waals surface area contributed by atoms with Gasteiger partial charge in [-0.3, -0.25) is 4.79 Å². The highest BCUT2D eigenvalue weighted by Gasteiger charge is 2.32. The number of fused-ring (bicyclic) bond motifs is 1. The van der Waals surface area contributed by atoms with Gasteiger partial charge in [0.05, 0.1) is 6.04 Å². The van der Waals surface area contributed by atoms with E-state index in [1.54, 1.807) is 6.07 Å². The third-order valence-corrected chi connectivity index (χ3v) is 4.23. The molecule has 0 aromatic heterocycles. The van der Waals surface area contributed by atoms with Gasteiger partial charge in [0.2, 0.25) is 0 Å². The Morgan fingerprint density at radius 1 is 1.09 bits per heavy atom. The monoisotopic (exact) mass is 309 g/mol. The van der Waals surface area contributed by atoms with E-state index in [2.05, 4.69) is 17.1 Å². The molecule has 118 valence electrons. The van der Waals surface area contributed by atoms with Gasteiger partial charge in [0, 0.05) is 11.5 Å². The van der Waals surface area contributed by atoms with Gasteiger partial charge in [0.25, 0.3) is 6.47 Å². The molecule has 0 amide bonds. The minimum Gasteiger partial charge on any atom is -0.428 e. The molecule has 23 heavy (non-hydrogen) atoms. The molecule has 0 bridgehead atoms. The van der Waals surface area contributed by atoms with E-state index < -0.39 is 0 Å². The Bertz CT molecular complexity index is 739. The summed E-state index contributed by atoms with van der Waals surface area (Å²) in [6.45, 7) is 0.448. The van der Waals surface area contributed by atoms with Crippen molar-refractivity contribution >= 4 is 12.4 Å². The molecular weight excluding hydrogens is 290 g/mol. The molecule has 0 spiro atoms. The molecule has 2 atom stereocenters. The molecule has 5 nitrogen and oxygen atoms in total. The van der Waals surface area contributed by atoms with Crippen LogP contribution in [0.1, 0.15) is 29.0 Å². The summed E-state index contributed by atoms with van der Waals surface area (Å²) in [7, 11) is 0. The fourth-order valence-corrected chi connectivity index (χ4v) is 3.34. The van der Waals surface area contributed by atoms with E-state index in [0.29, 0.717) is 12.2 Å². The summed E-state index contributed by atoms with van der Waals surface area (Å²) < 4.78 is 5.17. The highest BCUT2D eigenvalue weighted by Crippen LogP contribution is 2.41. The van der Waals surface area contributed by atoms with Crippen molar-refractivity contribution in [3.8, 4) is 5.75 Å². The molecule has 0 radical (unpaired) electrons. The number of aliphatic imine (C=N–C) groups is 1. The number of hydrogen-bond donors (Lipinski definition) is 2. The first kappa shape index (κ1) is 15.1. The van der Waals surface area contributed by atoms with E-state index in [4.69, 9.17) is 16.2 Å². The number of guanidine groups is 1. The van der Waals surface area contributed by atoms with Gasteiger partial charge < -0.3 is 16.2 Å². The quantitative estimate of drug-likeness (QED) is 0.513. The molecule has 0 saturated carbocycles. The standard InChI is InChI=1S/C18H19N3O2/c19-18(20)21-15-10-9-12-5-1-2-6-13(12)17(15)14-7-3-4-8-16(14)23-11-22/h1-8,11,15,17H,9-10H2,(H4,19,20,21). The Kier molecular flexibility index (Phi) is 4.28. The van der Waals surface area contributed by atoms with Crippen molar-refractivity contribution in [2.75, 3.05) is 0 Å². The average molecular weight is 309 g/mol. The SMILES string of the molecule is NC(N)=NC1CCc2ccccc2C1c1ccccc1OC=O. The first-order chi connectivity index (χ1) is 11.2. The largest absolute Gasteiger partial charge is 0.428 e. The number of rotatable bonds is 4. The van der Waals surface area contributed by atoms with Gasteiger partial charge in [-0.25, -0.2) is 4.99 Å². The molecule has 2 aromatic rings. The van der Waals surface area contributed by atoms with Crippen LogP contribution in [0.2, 0.25) is 0 Å². The highest BCUT2D eigenvalue weighted by atomic mass is 16.5. The Morgan fingerprint density at radius 3 is 2.52 bits per heavy atom. The van der Waals surface area contributed by atoms with Crippen molar-refractivity contribution in [3.05, 3.63) is 65.2 Å². The van der Waals surface area contributed by atoms with Crippen LogP contribution < -0.4 is 16.2 Å². The summed E-state index contributed by atoms with van der Waals surface area (Å²) in [6.07, 6.45) is 1.76. The lowest BCUT2D eigenvalue weighted by molar-refractivity contribution is -0.120. The molecular formula is C18H19N3O2. The summed E-state index contributed by atoms with van der Waals surface area (Å²) in [6, 6.07) is 15.7. The first-order valence-electron chi connectivity index (χ1n) is 7.56. The van der Waals surface area contributed by atoms with Crippen LogP contribution in [0.4, 0.5) is 0 Å². The number of ether oxygens (including phenoxy) is 1. The van der Waals surface area contributed by atoms with E-state index in [9.17, 15) is 4.79 Å². The third kappa shape index (κ3) is 3.04. The summed E-state index contributed by atoms with van der Waals surface area (Å²) in [4.78, 5) is 15.2. The van der Waals surface area contributed by atoms with E-state index in [0.717, 1.165) is 18.4 Å². The van der Waals surface area contributed by atoms with Crippen molar-refractivity contribution in [2.24, 2.45) is 16.5 Å². The molecule has 5 heteroatoms. The lowest BCUT2D eigenvalue weighted by Gasteiger charge is -2.32. The highest BCUT2D eigenvalue weighted by molar-refractivity contribution is 5.76. The lowest BCUT2D eigenvalue weighted by atomic mass is 9.75. The van der Waals surface area contributed by atoms with E-state index in [1.807, 2.05) is 30.3 Å². The topological polar surface area (TPSA) is 90.7 Å². The summed E-state index contributed by atoms with van der Waals surface area (Å²) in [5.41, 5.74) is 14.6. The zero-order valence-electron chi connectivity index (χ0n) is 12.7. The Hall–Kier alpha value is -2.82. The third-order valence-electron chi connectivity index (χ3n) is 4.23. The second kappa shape index (κ2) is 6.52. The molecule has 4 N–H and O–H groups in total. The summed E-state index contributed by atoms with van der Waals surface area (Å²) >= 11 is 0. The number of carbonyl (C=O) groups excluding carboxylic acids is 1. The normalized spacial score (nSPS) is 19.5. The number of nitrogens with zero attached hydrogens (tertiary/aromatic N) is 1. The van der Waals surface area contributed by atoms with Gasteiger partial charge >= 0.3 is 0 Å². The predicted octanol–water partition coefficient (Wildman–Crippen LogP) is 1.94. The van der Waals surface area contributed by atoms with Gasteiger partial charge in [0.15, 0.2) is 5.96 Å². The number of hydrogen-bond acceptors (Lipinski definition) is 3. The van der Waals surface area contributed by atoms with Crippen LogP contribution in [0.25, 0.3) is 0 Å². The molecule has 1 aliphatic rings. The molecule has 0 saturated heterocycles. The van der Waals surface area contributed by atoms with Crippen LogP contribution in [0.3, 0.4) is 0 Å². The lowest BCUT2D eigenvalue weighted by Crippen LogP contribution is -2.31. The number of nitrogens with two attached hydrogens (primary N) is 2. The van der Waals surface area contributed by atoms with Crippen molar-refractivity contribution < 1.29 is 9.53 Å². The van der Waals surface area contributed by atoms with E-state index in [-0.39, 0.29) is 17.9 Å². The Morgan fingerprint density at radius 2 is 1.78 bits per heavy atom. The van der Waals surface area contributed by atoms with Gasteiger partial charge in [-0.1, -0.05) is 42.5 Å². The molecule has 3 rings (SSSR count). The molecule has 1 aliphatic carbocycles. The van der Waals surface area contributed by atoms with Gasteiger partial charge in [-0.05, 0) is 30.0 Å². The number of aryl methyl sites for hydroxylation is 1. The minimum absolute atomic E-state index is 0.0433. The minimum atomic E-state index is -0.0775. The molecule has 2 unspecified atom stereocenters. The van der Waals surface area contributed by atoms with Crippen LogP contribution in [0.15, 0.2) is 53.5 Å². The first-order valence-corrected chi connectivity index (χ1v) is 7.56. The fourth-order valence-electron chi connectivity index (χ4n) is 3.34. The van der Waals surface area contributed by atoms with Crippen LogP contribution in [-0.4, -0.2) is 18.5 Å². The number of carbonyl (C=O) groups is 1. The Labute approximate surface area is 135 Å². The predicted molar refractivity (Wildman–Crippen MR) is 89.3 cm³/mol. The zero-order chi connectivity index (χ0) is 16.2. The van der Waals surface area contributed by atoms with Crippen LogP contribution in [0, 0.1) is 0 Å². The Balaban J connectivity index is 2.15. The zero-order valence-corrected chi connectivity index (χ0v) is 12.7. The maximum atomic E-state index is 10.8. The second-order valence-electron chi connectivity index (χ2n) is 5.59. The average Bonchev–Trinajstić information content (AvgIpc) is 2.55. The van der Waals surface area contributed by atoms with Crippen LogP contribution >= 0.6 is 0 Å². The van der Waals surface area contributed by atoms with Crippen molar-refractivity contribution in [1.82, 2.24) is 0 Å². The van der Waals surface area contributed by atoms with Gasteiger partial charge in [-0.15, -0.1) is 0 Å². The maximum Gasteiger partial charge on any atom is 0.298 e. The fraction of sp³-hybridized carbons (Fsp3) is 0.222. The summed E-state index contributed by atoms with van der Waals surface area (Å²) in [5, 5.41) is 0. The van der Waals surface area contributed by atoms with E-state index >= 15 is 0 Å². The second-order valence-corrected chi connectivity index (χ2v) is 5.59. The maximum absolute atomic E-state index is 10.8. The van der Waals surface area contributed by atoms with Crippen molar-refractivity contribution in [2.45, 2.75) is 24.8 Å². The molecule has 0 aliphatic heterocycles. The van der Waals surface area contributed by atoms with Gasteiger partial charge in [0.1, 0.15) is 5.75 Å². The molecule has 0 fully saturated rings. The number of para-hydroxylation sites is 1. The molecule has 0 heterocycles. The smallest absolute Gasteiger partial charge is 0.298 e. The number of benzene rings is 2. The molecule has 2 aromatic carbocycles. The van der Waals surface area contributed by atoms with Crippen LogP contribution in [0.5, 0.6) is 5.75 Å².